The molecule has 0 spiro atoms. The van der Waals surface area contributed by atoms with Crippen LogP contribution in [-0.4, -0.2) is 13.1 Å². The smallest absolute Gasteiger partial charge is 0.0444 e. The molecule has 20 heavy (non-hydrogen) atoms. The second kappa shape index (κ2) is 3.78. The predicted molar refractivity (Wildman–Crippen MR) is 83.4 cm³/mol. The standard InChI is InChI=1S/C19H21N/c1-12-8-17-15-6-2-4-13(15)10-20-11-14-5-3-7-16(14)18(9-12)19(17)20/h2-3,6-9,13-16H,4-5,10-11H2,1H3/t13-,14-,15-,16+/m1/s1. The van der Waals surface area contributed by atoms with Crippen LogP contribution in [0.5, 0.6) is 0 Å². The van der Waals surface area contributed by atoms with E-state index in [-0.39, 0.29) is 0 Å². The van der Waals surface area contributed by atoms with Crippen LogP contribution < -0.4 is 4.90 Å². The molecule has 0 amide bonds. The van der Waals surface area contributed by atoms with Crippen molar-refractivity contribution in [2.75, 3.05) is 18.0 Å². The molecule has 102 valence electrons. The van der Waals surface area contributed by atoms with Crippen molar-refractivity contribution in [2.45, 2.75) is 31.6 Å². The zero-order valence-electron chi connectivity index (χ0n) is 12.0. The number of benzene rings is 1. The van der Waals surface area contributed by atoms with E-state index in [1.165, 1.54) is 31.5 Å². The van der Waals surface area contributed by atoms with Gasteiger partial charge in [0.15, 0.2) is 0 Å². The summed E-state index contributed by atoms with van der Waals surface area (Å²) in [4.78, 5) is 2.71. The van der Waals surface area contributed by atoms with Gasteiger partial charge in [0.25, 0.3) is 0 Å². The minimum absolute atomic E-state index is 0.682. The maximum atomic E-state index is 2.71. The van der Waals surface area contributed by atoms with E-state index in [0.29, 0.717) is 11.8 Å². The zero-order valence-corrected chi connectivity index (χ0v) is 12.0. The van der Waals surface area contributed by atoms with E-state index in [0.717, 1.165) is 11.8 Å². The monoisotopic (exact) mass is 263 g/mol. The van der Waals surface area contributed by atoms with Crippen molar-refractivity contribution in [1.82, 2.24) is 0 Å². The second-order valence-corrected chi connectivity index (χ2v) is 7.10. The summed E-state index contributed by atoms with van der Waals surface area (Å²) in [5.74, 6) is 3.01. The number of anilines is 1. The Morgan fingerprint density at radius 3 is 2.00 bits per heavy atom. The fourth-order valence-corrected chi connectivity index (χ4v) is 5.03. The van der Waals surface area contributed by atoms with Crippen molar-refractivity contribution in [1.29, 1.82) is 0 Å². The van der Waals surface area contributed by atoms with Crippen LogP contribution in [0.15, 0.2) is 36.4 Å². The Morgan fingerprint density at radius 2 is 1.45 bits per heavy atom. The van der Waals surface area contributed by atoms with Gasteiger partial charge < -0.3 is 4.90 Å². The van der Waals surface area contributed by atoms with E-state index in [4.69, 9.17) is 0 Å². The van der Waals surface area contributed by atoms with Crippen LogP contribution in [0.4, 0.5) is 5.69 Å². The van der Waals surface area contributed by atoms with E-state index < -0.39 is 0 Å². The van der Waals surface area contributed by atoms with Gasteiger partial charge in [0, 0.05) is 30.6 Å². The van der Waals surface area contributed by atoms with Gasteiger partial charge >= 0.3 is 0 Å². The lowest BCUT2D eigenvalue weighted by molar-refractivity contribution is 0.410. The van der Waals surface area contributed by atoms with E-state index in [1.807, 2.05) is 0 Å². The molecule has 0 radical (unpaired) electrons. The minimum Gasteiger partial charge on any atom is -0.370 e. The summed E-state index contributed by atoms with van der Waals surface area (Å²) >= 11 is 0. The zero-order chi connectivity index (χ0) is 13.3. The molecule has 1 aromatic rings. The van der Waals surface area contributed by atoms with Gasteiger partial charge in [0.1, 0.15) is 0 Å². The molecule has 2 aliphatic carbocycles. The highest BCUT2D eigenvalue weighted by Gasteiger charge is 2.41. The van der Waals surface area contributed by atoms with Gasteiger partial charge in [-0.15, -0.1) is 0 Å². The molecule has 4 aliphatic rings. The van der Waals surface area contributed by atoms with Crippen molar-refractivity contribution < 1.29 is 0 Å². The summed E-state index contributed by atoms with van der Waals surface area (Å²) in [6.07, 6.45) is 12.3. The summed E-state index contributed by atoms with van der Waals surface area (Å²) in [6, 6.07) is 4.91. The van der Waals surface area contributed by atoms with Crippen molar-refractivity contribution in [3.05, 3.63) is 53.1 Å². The highest BCUT2D eigenvalue weighted by molar-refractivity contribution is 5.69. The van der Waals surface area contributed by atoms with Gasteiger partial charge in [0.2, 0.25) is 0 Å². The summed E-state index contributed by atoms with van der Waals surface area (Å²) in [7, 11) is 0. The average molecular weight is 263 g/mol. The van der Waals surface area contributed by atoms with E-state index >= 15 is 0 Å². The Morgan fingerprint density at radius 1 is 0.900 bits per heavy atom. The van der Waals surface area contributed by atoms with Crippen molar-refractivity contribution >= 4 is 5.69 Å². The molecule has 0 fully saturated rings. The Labute approximate surface area is 121 Å². The molecule has 0 aromatic heterocycles. The molecular formula is C19H21N. The quantitative estimate of drug-likeness (QED) is 0.636. The molecule has 1 nitrogen and oxygen atoms in total. The number of hydrogen-bond donors (Lipinski definition) is 0. The number of rotatable bonds is 0. The molecule has 0 N–H and O–H groups in total. The number of allylic oxidation sites excluding steroid dienone is 4. The Hall–Kier alpha value is -1.50. The maximum Gasteiger partial charge on any atom is 0.0444 e. The van der Waals surface area contributed by atoms with Gasteiger partial charge in [-0.1, -0.05) is 42.0 Å². The SMILES string of the molecule is Cc1cc2c3c(c1)[C@@H]1C=CC[C@@H]1CN3C[C@H]1CC=C[C@H]21. The minimum atomic E-state index is 0.682. The average Bonchev–Trinajstić information content (AvgIpc) is 3.06. The van der Waals surface area contributed by atoms with Crippen LogP contribution in [0, 0.1) is 18.8 Å². The van der Waals surface area contributed by atoms with Gasteiger partial charge in [-0.25, -0.2) is 0 Å². The largest absolute Gasteiger partial charge is 0.370 e. The van der Waals surface area contributed by atoms with Crippen molar-refractivity contribution in [3.63, 3.8) is 0 Å². The first-order valence-electron chi connectivity index (χ1n) is 8.04. The number of fused-ring (bicyclic) bond motifs is 4. The van der Waals surface area contributed by atoms with E-state index in [9.17, 15) is 0 Å². The highest BCUT2D eigenvalue weighted by Crippen LogP contribution is 2.52. The topological polar surface area (TPSA) is 3.24 Å². The molecular weight excluding hydrogens is 242 g/mol. The molecule has 2 heterocycles. The van der Waals surface area contributed by atoms with Crippen LogP contribution in [0.1, 0.15) is 41.4 Å². The van der Waals surface area contributed by atoms with Crippen LogP contribution in [-0.2, 0) is 0 Å². The third-order valence-electron chi connectivity index (χ3n) is 5.84. The Balaban J connectivity index is 1.76. The Bertz CT molecular complexity index is 588. The Kier molecular flexibility index (Phi) is 2.12. The molecule has 4 atom stereocenters. The molecule has 0 saturated heterocycles. The molecule has 1 heteroatoms. The second-order valence-electron chi connectivity index (χ2n) is 7.10. The molecule has 0 bridgehead atoms. The lowest BCUT2D eigenvalue weighted by atomic mass is 9.74. The van der Waals surface area contributed by atoms with Crippen molar-refractivity contribution in [2.24, 2.45) is 11.8 Å². The first-order valence-corrected chi connectivity index (χ1v) is 8.04. The third kappa shape index (κ3) is 1.33. The number of hydrogen-bond acceptors (Lipinski definition) is 1. The van der Waals surface area contributed by atoms with Crippen molar-refractivity contribution in [3.8, 4) is 0 Å². The fraction of sp³-hybridized carbons (Fsp3) is 0.474. The van der Waals surface area contributed by atoms with Gasteiger partial charge in [-0.05, 0) is 42.7 Å². The lowest BCUT2D eigenvalue weighted by Crippen LogP contribution is -2.43. The molecule has 5 rings (SSSR count). The fourth-order valence-electron chi connectivity index (χ4n) is 5.03. The maximum absolute atomic E-state index is 2.71. The third-order valence-corrected chi connectivity index (χ3v) is 5.84. The molecule has 0 unspecified atom stereocenters. The summed E-state index contributed by atoms with van der Waals surface area (Å²) in [5.41, 5.74) is 6.27. The molecule has 0 saturated carbocycles. The lowest BCUT2D eigenvalue weighted by Gasteiger charge is -2.46. The molecule has 1 aromatic carbocycles. The van der Waals surface area contributed by atoms with Crippen LogP contribution in [0.3, 0.4) is 0 Å². The van der Waals surface area contributed by atoms with Crippen LogP contribution in [0.2, 0.25) is 0 Å². The highest BCUT2D eigenvalue weighted by atomic mass is 15.2. The number of aryl methyl sites for hydroxylation is 1. The summed E-state index contributed by atoms with van der Waals surface area (Å²) in [5, 5.41) is 0. The van der Waals surface area contributed by atoms with Crippen LogP contribution in [0.25, 0.3) is 0 Å². The van der Waals surface area contributed by atoms with Gasteiger partial charge in [-0.2, -0.15) is 0 Å². The first kappa shape index (κ1) is 11.2. The number of nitrogens with zero attached hydrogens (tertiary/aromatic N) is 1. The van der Waals surface area contributed by atoms with Gasteiger partial charge in [-0.3, -0.25) is 0 Å². The van der Waals surface area contributed by atoms with E-state index in [2.05, 4.69) is 48.3 Å². The molecule has 2 aliphatic heterocycles. The van der Waals surface area contributed by atoms with E-state index in [1.54, 1.807) is 16.8 Å². The summed E-state index contributed by atoms with van der Waals surface area (Å²) < 4.78 is 0. The van der Waals surface area contributed by atoms with Gasteiger partial charge in [0.05, 0.1) is 0 Å². The normalized spacial score (nSPS) is 36.0. The summed E-state index contributed by atoms with van der Waals surface area (Å²) in [6.45, 7) is 4.81. The van der Waals surface area contributed by atoms with Crippen LogP contribution >= 0.6 is 0 Å². The first-order chi connectivity index (χ1) is 9.81. The predicted octanol–water partition coefficient (Wildman–Crippen LogP) is 4.15.